The fraction of sp³-hybridized carbons (Fsp3) is 0.562. The molecule has 21 heavy (non-hydrogen) atoms. The van der Waals surface area contributed by atoms with Gasteiger partial charge in [-0.25, -0.2) is 0 Å². The van der Waals surface area contributed by atoms with Crippen LogP contribution in [-0.2, 0) is 11.2 Å². The summed E-state index contributed by atoms with van der Waals surface area (Å²) in [6, 6.07) is 7.80. The van der Waals surface area contributed by atoms with Gasteiger partial charge in [0.05, 0.1) is 6.10 Å². The van der Waals surface area contributed by atoms with E-state index >= 15 is 0 Å². The van der Waals surface area contributed by atoms with Crippen LogP contribution in [0.4, 0.5) is 0 Å². The summed E-state index contributed by atoms with van der Waals surface area (Å²) in [7, 11) is 0. The van der Waals surface area contributed by atoms with Crippen molar-refractivity contribution >= 4 is 18.3 Å². The quantitative estimate of drug-likeness (QED) is 0.777. The molecule has 1 heterocycles. The summed E-state index contributed by atoms with van der Waals surface area (Å²) in [5.41, 5.74) is 2.31. The van der Waals surface area contributed by atoms with Gasteiger partial charge in [-0.1, -0.05) is 38.1 Å². The third-order valence-electron chi connectivity index (χ3n) is 3.88. The molecule has 0 spiro atoms. The van der Waals surface area contributed by atoms with Crippen molar-refractivity contribution in [3.8, 4) is 0 Å². The average Bonchev–Trinajstić information content (AvgIpc) is 2.46. The molecule has 5 heteroatoms. The predicted octanol–water partition coefficient (Wildman–Crippen LogP) is 1.82. The van der Waals surface area contributed by atoms with E-state index in [-0.39, 0.29) is 36.4 Å². The van der Waals surface area contributed by atoms with Crippen LogP contribution in [0, 0.1) is 5.92 Å². The Morgan fingerprint density at radius 1 is 1.43 bits per heavy atom. The Bertz CT molecular complexity index is 465. The van der Waals surface area contributed by atoms with Crippen molar-refractivity contribution in [2.45, 2.75) is 38.8 Å². The van der Waals surface area contributed by atoms with E-state index in [2.05, 4.69) is 16.7 Å². The molecule has 1 amide bonds. The Kier molecular flexibility index (Phi) is 7.15. The molecule has 2 atom stereocenters. The molecule has 4 nitrogen and oxygen atoms in total. The summed E-state index contributed by atoms with van der Waals surface area (Å²) >= 11 is 0. The molecule has 3 N–H and O–H groups in total. The molecule has 0 radical (unpaired) electrons. The number of rotatable bonds is 5. The molecule has 0 saturated heterocycles. The number of halogens is 1. The second-order valence-electron chi connectivity index (χ2n) is 5.73. The van der Waals surface area contributed by atoms with Gasteiger partial charge in [0, 0.05) is 13.1 Å². The summed E-state index contributed by atoms with van der Waals surface area (Å²) in [4.78, 5) is 12.3. The van der Waals surface area contributed by atoms with Gasteiger partial charge in [-0.15, -0.1) is 12.4 Å². The van der Waals surface area contributed by atoms with Crippen LogP contribution >= 0.6 is 12.4 Å². The number of nitrogens with one attached hydrogen (secondary N) is 2. The third-order valence-corrected chi connectivity index (χ3v) is 3.88. The fourth-order valence-corrected chi connectivity index (χ4v) is 2.52. The van der Waals surface area contributed by atoms with Crippen LogP contribution in [0.25, 0.3) is 0 Å². The normalized spacial score (nSPS) is 18.6. The first-order valence-corrected chi connectivity index (χ1v) is 7.36. The molecule has 2 unspecified atom stereocenters. The smallest absolute Gasteiger partial charge is 0.241 e. The highest BCUT2D eigenvalue weighted by Crippen LogP contribution is 2.22. The molecule has 1 aromatic rings. The van der Waals surface area contributed by atoms with Crippen molar-refractivity contribution < 1.29 is 9.90 Å². The number of amides is 1. The Morgan fingerprint density at radius 2 is 2.14 bits per heavy atom. The minimum absolute atomic E-state index is 0. The number of hydrogen-bond donors (Lipinski definition) is 3. The lowest BCUT2D eigenvalue weighted by Gasteiger charge is -2.26. The van der Waals surface area contributed by atoms with E-state index in [1.807, 2.05) is 32.0 Å². The molecule has 0 saturated carbocycles. The van der Waals surface area contributed by atoms with Gasteiger partial charge < -0.3 is 15.7 Å². The molecule has 0 aliphatic carbocycles. The zero-order valence-corrected chi connectivity index (χ0v) is 13.5. The van der Waals surface area contributed by atoms with Crippen LogP contribution < -0.4 is 10.6 Å². The number of fused-ring (bicyclic) bond motifs is 1. The zero-order chi connectivity index (χ0) is 14.5. The molecule has 0 aromatic heterocycles. The Morgan fingerprint density at radius 3 is 2.86 bits per heavy atom. The highest BCUT2D eigenvalue weighted by molar-refractivity contribution is 5.85. The lowest BCUT2D eigenvalue weighted by molar-refractivity contribution is -0.123. The van der Waals surface area contributed by atoms with Gasteiger partial charge in [0.15, 0.2) is 0 Å². The summed E-state index contributed by atoms with van der Waals surface area (Å²) in [5.74, 6) is 0.216. The SMILES string of the molecule is CC(C)C(O)CCNC(=O)C1NCCc2ccccc21.Cl. The topological polar surface area (TPSA) is 61.4 Å². The number of aliphatic hydroxyl groups is 1. The van der Waals surface area contributed by atoms with Crippen molar-refractivity contribution in [2.24, 2.45) is 5.92 Å². The predicted molar refractivity (Wildman–Crippen MR) is 86.6 cm³/mol. The van der Waals surface area contributed by atoms with Gasteiger partial charge in [0.2, 0.25) is 5.91 Å². The second kappa shape index (κ2) is 8.37. The summed E-state index contributed by atoms with van der Waals surface area (Å²) in [6.07, 6.45) is 1.20. The van der Waals surface area contributed by atoms with Crippen molar-refractivity contribution in [1.82, 2.24) is 10.6 Å². The van der Waals surface area contributed by atoms with Gasteiger partial charge in [-0.2, -0.15) is 0 Å². The van der Waals surface area contributed by atoms with E-state index < -0.39 is 0 Å². The third kappa shape index (κ3) is 4.70. The van der Waals surface area contributed by atoms with Crippen LogP contribution in [0.2, 0.25) is 0 Å². The average molecular weight is 313 g/mol. The van der Waals surface area contributed by atoms with Gasteiger partial charge >= 0.3 is 0 Å². The minimum Gasteiger partial charge on any atom is -0.393 e. The zero-order valence-electron chi connectivity index (χ0n) is 12.6. The van der Waals surface area contributed by atoms with Crippen molar-refractivity contribution in [3.63, 3.8) is 0 Å². The van der Waals surface area contributed by atoms with Gasteiger partial charge in [-0.05, 0) is 29.9 Å². The van der Waals surface area contributed by atoms with Gasteiger partial charge in [0.1, 0.15) is 6.04 Å². The number of carbonyl (C=O) groups excluding carboxylic acids is 1. The first-order chi connectivity index (χ1) is 9.59. The van der Waals surface area contributed by atoms with Crippen molar-refractivity contribution in [1.29, 1.82) is 0 Å². The molecular weight excluding hydrogens is 288 g/mol. The van der Waals surface area contributed by atoms with Crippen LogP contribution in [0.3, 0.4) is 0 Å². The van der Waals surface area contributed by atoms with E-state index in [1.54, 1.807) is 0 Å². The van der Waals surface area contributed by atoms with Crippen molar-refractivity contribution in [3.05, 3.63) is 35.4 Å². The molecule has 1 aliphatic rings. The molecular formula is C16H25ClN2O2. The maximum atomic E-state index is 12.3. The maximum Gasteiger partial charge on any atom is 0.241 e. The lowest BCUT2D eigenvalue weighted by atomic mass is 9.94. The molecule has 118 valence electrons. The first-order valence-electron chi connectivity index (χ1n) is 7.36. The van der Waals surface area contributed by atoms with E-state index in [9.17, 15) is 9.90 Å². The van der Waals surface area contributed by atoms with E-state index in [1.165, 1.54) is 5.56 Å². The largest absolute Gasteiger partial charge is 0.393 e. The Hall–Kier alpha value is -1.10. The second-order valence-corrected chi connectivity index (χ2v) is 5.73. The Labute approximate surface area is 132 Å². The van der Waals surface area contributed by atoms with E-state index in [0.717, 1.165) is 18.5 Å². The fourth-order valence-electron chi connectivity index (χ4n) is 2.52. The first kappa shape index (κ1) is 18.0. The lowest BCUT2D eigenvalue weighted by Crippen LogP contribution is -2.42. The van der Waals surface area contributed by atoms with E-state index in [4.69, 9.17) is 0 Å². The maximum absolute atomic E-state index is 12.3. The molecule has 0 fully saturated rings. The van der Waals surface area contributed by atoms with Crippen molar-refractivity contribution in [2.75, 3.05) is 13.1 Å². The molecule has 2 rings (SSSR count). The van der Waals surface area contributed by atoms with Gasteiger partial charge in [0.25, 0.3) is 0 Å². The highest BCUT2D eigenvalue weighted by atomic mass is 35.5. The van der Waals surface area contributed by atoms with Crippen LogP contribution in [0.15, 0.2) is 24.3 Å². The molecule has 0 bridgehead atoms. The standard InChI is InChI=1S/C16H24N2O2.ClH/c1-11(2)14(19)8-10-18-16(20)15-13-6-4-3-5-12(13)7-9-17-15;/h3-6,11,14-15,17,19H,7-10H2,1-2H3,(H,18,20);1H. The Balaban J connectivity index is 0.00000220. The van der Waals surface area contributed by atoms with Crippen LogP contribution in [0.5, 0.6) is 0 Å². The number of carbonyl (C=O) groups is 1. The van der Waals surface area contributed by atoms with Crippen LogP contribution in [-0.4, -0.2) is 30.2 Å². The summed E-state index contributed by atoms with van der Waals surface area (Å²) < 4.78 is 0. The van der Waals surface area contributed by atoms with Crippen LogP contribution in [0.1, 0.15) is 37.4 Å². The monoisotopic (exact) mass is 312 g/mol. The van der Waals surface area contributed by atoms with E-state index in [0.29, 0.717) is 13.0 Å². The highest BCUT2D eigenvalue weighted by Gasteiger charge is 2.25. The number of aliphatic hydroxyl groups excluding tert-OH is 1. The summed E-state index contributed by atoms with van der Waals surface area (Å²) in [5, 5.41) is 15.9. The minimum atomic E-state index is -0.359. The number of hydrogen-bond acceptors (Lipinski definition) is 3. The molecule has 1 aliphatic heterocycles. The summed E-state index contributed by atoms with van der Waals surface area (Å²) in [6.45, 7) is 5.29. The number of benzene rings is 1. The van der Waals surface area contributed by atoms with Gasteiger partial charge in [-0.3, -0.25) is 4.79 Å². The molecule has 1 aromatic carbocycles.